The van der Waals surface area contributed by atoms with E-state index in [0.29, 0.717) is 13.0 Å². The van der Waals surface area contributed by atoms with Gasteiger partial charge in [0.25, 0.3) is 0 Å². The largest absolute Gasteiger partial charge is 0.354 e. The minimum Gasteiger partial charge on any atom is -0.354 e. The Hall–Kier alpha value is -2.00. The van der Waals surface area contributed by atoms with E-state index in [2.05, 4.69) is 5.32 Å². The van der Waals surface area contributed by atoms with E-state index in [-0.39, 0.29) is 33.2 Å². The fraction of sp³-hybridized carbons (Fsp3) is 0.440. The summed E-state index contributed by atoms with van der Waals surface area (Å²) in [7, 11) is -3.95. The van der Waals surface area contributed by atoms with Gasteiger partial charge in [0.05, 0.1) is 27.0 Å². The molecule has 0 bridgehead atoms. The van der Waals surface area contributed by atoms with Crippen LogP contribution in [0.25, 0.3) is 0 Å². The summed E-state index contributed by atoms with van der Waals surface area (Å²) >= 11 is 18.4. The number of sulfonamides is 1. The first-order valence-corrected chi connectivity index (χ1v) is 14.6. The lowest BCUT2D eigenvalue weighted by Crippen LogP contribution is -2.52. The van der Waals surface area contributed by atoms with Crippen molar-refractivity contribution in [2.45, 2.75) is 52.6 Å². The molecule has 2 rings (SSSR count). The number of rotatable bonds is 12. The van der Waals surface area contributed by atoms with Crippen molar-refractivity contribution in [1.82, 2.24) is 10.2 Å². The number of hydrogen-bond donors (Lipinski definition) is 1. The monoisotopic (exact) mass is 575 g/mol. The quantitative estimate of drug-likeness (QED) is 0.269. The van der Waals surface area contributed by atoms with Gasteiger partial charge in [-0.05, 0) is 43.0 Å². The number of aryl methyl sites for hydroxylation is 1. The molecular weight excluding hydrogens is 545 g/mol. The van der Waals surface area contributed by atoms with E-state index in [0.717, 1.165) is 34.5 Å². The summed E-state index contributed by atoms with van der Waals surface area (Å²) in [6, 6.07) is 9.37. The van der Waals surface area contributed by atoms with Gasteiger partial charge in [-0.25, -0.2) is 8.42 Å². The average molecular weight is 577 g/mol. The Labute approximate surface area is 228 Å². The minimum absolute atomic E-state index is 0.0254. The molecule has 0 aromatic heterocycles. The van der Waals surface area contributed by atoms with Gasteiger partial charge in [-0.2, -0.15) is 0 Å². The number of hydrogen-bond acceptors (Lipinski definition) is 4. The zero-order valence-electron chi connectivity index (χ0n) is 20.9. The van der Waals surface area contributed by atoms with Gasteiger partial charge in [-0.15, -0.1) is 0 Å². The van der Waals surface area contributed by atoms with E-state index in [1.807, 2.05) is 45.0 Å². The third-order valence-corrected chi connectivity index (χ3v) is 7.91. The molecule has 1 atom stereocenters. The molecule has 0 saturated carbocycles. The molecule has 0 radical (unpaired) electrons. The van der Waals surface area contributed by atoms with Gasteiger partial charge in [-0.1, -0.05) is 79.3 Å². The number of unbranched alkanes of at least 4 members (excludes halogenated alkanes) is 1. The Morgan fingerprint density at radius 2 is 1.67 bits per heavy atom. The molecule has 2 aromatic carbocycles. The highest BCUT2D eigenvalue weighted by Gasteiger charge is 2.32. The Balaban J connectivity index is 2.48. The summed E-state index contributed by atoms with van der Waals surface area (Å²) in [6.07, 6.45) is 3.05. The number of amides is 2. The first-order valence-electron chi connectivity index (χ1n) is 11.6. The van der Waals surface area contributed by atoms with Gasteiger partial charge < -0.3 is 10.2 Å². The second-order valence-corrected chi connectivity index (χ2v) is 11.6. The lowest BCUT2D eigenvalue weighted by Gasteiger charge is -2.33. The van der Waals surface area contributed by atoms with Gasteiger partial charge in [-0.3, -0.25) is 13.9 Å². The maximum atomic E-state index is 13.7. The van der Waals surface area contributed by atoms with Crippen molar-refractivity contribution in [3.8, 4) is 0 Å². The topological polar surface area (TPSA) is 86.8 Å². The van der Waals surface area contributed by atoms with Crippen molar-refractivity contribution >= 4 is 62.3 Å². The predicted octanol–water partition coefficient (Wildman–Crippen LogP) is 5.44. The van der Waals surface area contributed by atoms with Crippen molar-refractivity contribution in [2.75, 3.05) is 23.7 Å². The van der Waals surface area contributed by atoms with Crippen molar-refractivity contribution in [1.29, 1.82) is 0 Å². The molecule has 11 heteroatoms. The van der Waals surface area contributed by atoms with Crippen LogP contribution in [0.3, 0.4) is 0 Å². The number of carbonyl (C=O) groups is 2. The van der Waals surface area contributed by atoms with Gasteiger partial charge >= 0.3 is 0 Å². The summed E-state index contributed by atoms with van der Waals surface area (Å²) in [5.41, 5.74) is 1.83. The van der Waals surface area contributed by atoms with Crippen LogP contribution < -0.4 is 9.62 Å². The first-order chi connectivity index (χ1) is 16.9. The standard InChI is InChI=1S/C25H32Cl3N3O4S/c1-5-7-12-29-25(33)22(6-2)30(15-18-11-9-8-10-17(18)3)24(32)16-31(36(4,34)35)23-14-20(27)19(26)13-21(23)28/h8-11,13-14,22H,5-7,12,15-16H2,1-4H3,(H,29,33)/t22-/m1/s1. The Morgan fingerprint density at radius 3 is 2.25 bits per heavy atom. The molecule has 1 N–H and O–H groups in total. The van der Waals surface area contributed by atoms with Crippen LogP contribution in [0.2, 0.25) is 15.1 Å². The van der Waals surface area contributed by atoms with Crippen LogP contribution in [-0.4, -0.2) is 50.5 Å². The number of nitrogens with zero attached hydrogens (tertiary/aromatic N) is 2. The molecule has 0 unspecified atom stereocenters. The number of carbonyl (C=O) groups excluding carboxylic acids is 2. The molecule has 0 heterocycles. The first kappa shape index (κ1) is 30.2. The van der Waals surface area contributed by atoms with E-state index in [9.17, 15) is 18.0 Å². The van der Waals surface area contributed by atoms with Crippen molar-refractivity contribution < 1.29 is 18.0 Å². The van der Waals surface area contributed by atoms with E-state index in [1.165, 1.54) is 17.0 Å². The van der Waals surface area contributed by atoms with Crippen LogP contribution in [0, 0.1) is 6.92 Å². The SMILES string of the molecule is CCCCNC(=O)[C@@H](CC)N(Cc1ccccc1C)C(=O)CN(c1cc(Cl)c(Cl)cc1Cl)S(C)(=O)=O. The maximum Gasteiger partial charge on any atom is 0.244 e. The summed E-state index contributed by atoms with van der Waals surface area (Å²) < 4.78 is 26.4. The third kappa shape index (κ3) is 8.00. The highest BCUT2D eigenvalue weighted by molar-refractivity contribution is 7.92. The molecule has 0 saturated heterocycles. The smallest absolute Gasteiger partial charge is 0.244 e. The van der Waals surface area contributed by atoms with Crippen LogP contribution in [0.15, 0.2) is 36.4 Å². The van der Waals surface area contributed by atoms with Crippen molar-refractivity contribution in [3.63, 3.8) is 0 Å². The molecule has 2 amide bonds. The number of anilines is 1. The summed E-state index contributed by atoms with van der Waals surface area (Å²) in [4.78, 5) is 28.2. The van der Waals surface area contributed by atoms with Crippen LogP contribution in [0.1, 0.15) is 44.2 Å². The minimum atomic E-state index is -3.95. The molecule has 0 aliphatic heterocycles. The summed E-state index contributed by atoms with van der Waals surface area (Å²) in [5, 5.41) is 3.16. The second-order valence-electron chi connectivity index (χ2n) is 8.50. The van der Waals surface area contributed by atoms with Crippen molar-refractivity contribution in [2.24, 2.45) is 0 Å². The molecule has 0 spiro atoms. The number of benzene rings is 2. The van der Waals surface area contributed by atoms with Crippen molar-refractivity contribution in [3.05, 3.63) is 62.6 Å². The van der Waals surface area contributed by atoms with E-state index >= 15 is 0 Å². The highest BCUT2D eigenvalue weighted by atomic mass is 35.5. The van der Waals surface area contributed by atoms with Gasteiger partial charge in [0.1, 0.15) is 12.6 Å². The molecule has 7 nitrogen and oxygen atoms in total. The molecular formula is C25H32Cl3N3O4S. The van der Waals surface area contributed by atoms with Crippen LogP contribution in [0.4, 0.5) is 5.69 Å². The molecule has 0 fully saturated rings. The van der Waals surface area contributed by atoms with E-state index in [4.69, 9.17) is 34.8 Å². The van der Waals surface area contributed by atoms with E-state index < -0.39 is 28.5 Å². The predicted molar refractivity (Wildman–Crippen MR) is 147 cm³/mol. The lowest BCUT2D eigenvalue weighted by atomic mass is 10.1. The Bertz CT molecular complexity index is 1190. The van der Waals surface area contributed by atoms with Crippen LogP contribution >= 0.6 is 34.8 Å². The molecule has 0 aliphatic rings. The zero-order valence-corrected chi connectivity index (χ0v) is 23.9. The molecule has 0 aliphatic carbocycles. The summed E-state index contributed by atoms with van der Waals surface area (Å²) in [5.74, 6) is -0.838. The fourth-order valence-corrected chi connectivity index (χ4v) is 5.24. The second kappa shape index (κ2) is 13.5. The fourth-order valence-electron chi connectivity index (χ4n) is 3.69. The van der Waals surface area contributed by atoms with Crippen LogP contribution in [0.5, 0.6) is 0 Å². The van der Waals surface area contributed by atoms with Gasteiger partial charge in [0, 0.05) is 13.1 Å². The normalized spacial score (nSPS) is 12.2. The Morgan fingerprint density at radius 1 is 1.03 bits per heavy atom. The summed E-state index contributed by atoms with van der Waals surface area (Å²) in [6.45, 7) is 5.81. The van der Waals surface area contributed by atoms with E-state index in [1.54, 1.807) is 0 Å². The number of nitrogens with one attached hydrogen (secondary N) is 1. The molecule has 36 heavy (non-hydrogen) atoms. The van der Waals surface area contributed by atoms with Gasteiger partial charge in [0.2, 0.25) is 21.8 Å². The molecule has 2 aromatic rings. The van der Waals surface area contributed by atoms with Crippen LogP contribution in [-0.2, 0) is 26.2 Å². The molecule has 198 valence electrons. The Kier molecular flexibility index (Phi) is 11.3. The van der Waals surface area contributed by atoms with Gasteiger partial charge in [0.15, 0.2) is 0 Å². The average Bonchev–Trinajstić information content (AvgIpc) is 2.80. The number of halogens is 3. The highest BCUT2D eigenvalue weighted by Crippen LogP contribution is 2.35. The maximum absolute atomic E-state index is 13.7. The zero-order chi connectivity index (χ0) is 27.0. The lowest BCUT2D eigenvalue weighted by molar-refractivity contribution is -0.140. The third-order valence-electron chi connectivity index (χ3n) is 5.76.